The molecule has 0 saturated heterocycles. The van der Waals surface area contributed by atoms with Crippen molar-refractivity contribution in [2.24, 2.45) is 19.8 Å². The molecule has 140 valence electrons. The molecule has 1 aliphatic heterocycles. The summed E-state index contributed by atoms with van der Waals surface area (Å²) in [5, 5.41) is 12.5. The molecular formula is C18H19N5O4. The molecule has 0 amide bonds. The molecule has 0 radical (unpaired) electrons. The van der Waals surface area contributed by atoms with Crippen molar-refractivity contribution in [2.45, 2.75) is 5.92 Å². The number of fused-ring (bicyclic) bond motifs is 1. The maximum absolute atomic E-state index is 12.9. The molecular weight excluding hydrogens is 350 g/mol. The van der Waals surface area contributed by atoms with Gasteiger partial charge in [0.2, 0.25) is 0 Å². The number of nitrogens with two attached hydrogens (primary N) is 1. The first-order chi connectivity index (χ1) is 12.8. The van der Waals surface area contributed by atoms with Gasteiger partial charge in [-0.1, -0.05) is 6.07 Å². The quantitative estimate of drug-likeness (QED) is 0.800. The number of nitrogens with zero attached hydrogens (tertiary/aromatic N) is 3. The van der Waals surface area contributed by atoms with Crippen LogP contribution in [0.2, 0.25) is 0 Å². The number of methoxy groups -OCH3 is 2. The first kappa shape index (κ1) is 18.1. The van der Waals surface area contributed by atoms with Crippen LogP contribution < -0.4 is 31.8 Å². The molecule has 1 aromatic carbocycles. The number of allylic oxidation sites excluding steroid dienone is 1. The van der Waals surface area contributed by atoms with E-state index in [9.17, 15) is 14.9 Å². The minimum Gasteiger partial charge on any atom is -0.493 e. The van der Waals surface area contributed by atoms with Crippen molar-refractivity contribution in [2.75, 3.05) is 19.5 Å². The highest BCUT2D eigenvalue weighted by atomic mass is 16.5. The highest BCUT2D eigenvalue weighted by molar-refractivity contribution is 5.65. The molecule has 0 fully saturated rings. The fourth-order valence-corrected chi connectivity index (χ4v) is 3.27. The van der Waals surface area contributed by atoms with E-state index in [0.717, 1.165) is 4.57 Å². The van der Waals surface area contributed by atoms with Crippen molar-refractivity contribution in [1.29, 1.82) is 5.26 Å². The fraction of sp³-hybridized carbons (Fsp3) is 0.278. The van der Waals surface area contributed by atoms with Crippen LogP contribution in [0.4, 0.5) is 5.82 Å². The zero-order valence-corrected chi connectivity index (χ0v) is 15.4. The van der Waals surface area contributed by atoms with Gasteiger partial charge in [0.25, 0.3) is 5.56 Å². The SMILES string of the molecule is COc1ccc([C@H]2C(C#N)=C(N)Nc3c2c(=O)n(C)c(=O)n3C)cc1OC. The Kier molecular flexibility index (Phi) is 4.41. The predicted molar refractivity (Wildman–Crippen MR) is 98.8 cm³/mol. The number of rotatable bonds is 3. The van der Waals surface area contributed by atoms with Crippen LogP contribution in [-0.4, -0.2) is 23.4 Å². The van der Waals surface area contributed by atoms with E-state index in [1.54, 1.807) is 18.2 Å². The molecule has 1 aromatic heterocycles. The minimum absolute atomic E-state index is 0.0908. The molecule has 3 rings (SSSR count). The van der Waals surface area contributed by atoms with Crippen LogP contribution in [0.3, 0.4) is 0 Å². The van der Waals surface area contributed by atoms with Crippen molar-refractivity contribution in [3.63, 3.8) is 0 Å². The summed E-state index contributed by atoms with van der Waals surface area (Å²) in [6.45, 7) is 0. The lowest BCUT2D eigenvalue weighted by molar-refractivity contribution is 0.354. The largest absolute Gasteiger partial charge is 0.493 e. The number of nitriles is 1. The molecule has 2 heterocycles. The van der Waals surface area contributed by atoms with E-state index in [1.165, 1.54) is 32.9 Å². The van der Waals surface area contributed by atoms with E-state index in [-0.39, 0.29) is 22.8 Å². The van der Waals surface area contributed by atoms with E-state index >= 15 is 0 Å². The summed E-state index contributed by atoms with van der Waals surface area (Å²) in [6.07, 6.45) is 0. The van der Waals surface area contributed by atoms with Crippen LogP contribution in [0.5, 0.6) is 11.5 Å². The topological polar surface area (TPSA) is 124 Å². The summed E-state index contributed by atoms with van der Waals surface area (Å²) in [4.78, 5) is 25.2. The van der Waals surface area contributed by atoms with Gasteiger partial charge in [0.05, 0.1) is 37.3 Å². The van der Waals surface area contributed by atoms with Gasteiger partial charge in [-0.2, -0.15) is 5.26 Å². The maximum atomic E-state index is 12.9. The summed E-state index contributed by atoms with van der Waals surface area (Å²) in [6, 6.07) is 7.18. The zero-order chi connectivity index (χ0) is 19.9. The molecule has 0 aliphatic carbocycles. The Balaban J connectivity index is 2.38. The third kappa shape index (κ3) is 2.62. The van der Waals surface area contributed by atoms with Gasteiger partial charge < -0.3 is 20.5 Å². The number of aromatic nitrogens is 2. The van der Waals surface area contributed by atoms with Gasteiger partial charge in [0.1, 0.15) is 11.6 Å². The molecule has 9 nitrogen and oxygen atoms in total. The Morgan fingerprint density at radius 3 is 2.41 bits per heavy atom. The van der Waals surface area contributed by atoms with Crippen LogP contribution >= 0.6 is 0 Å². The van der Waals surface area contributed by atoms with E-state index in [4.69, 9.17) is 15.2 Å². The Morgan fingerprint density at radius 1 is 1.15 bits per heavy atom. The highest BCUT2D eigenvalue weighted by Crippen LogP contribution is 2.40. The number of anilines is 1. The second-order valence-corrected chi connectivity index (χ2v) is 6.08. The lowest BCUT2D eigenvalue weighted by Crippen LogP contribution is -2.43. The summed E-state index contributed by atoms with van der Waals surface area (Å²) >= 11 is 0. The molecule has 2 aromatic rings. The molecule has 9 heteroatoms. The van der Waals surface area contributed by atoms with Gasteiger partial charge in [-0.25, -0.2) is 4.79 Å². The normalized spacial score (nSPS) is 15.6. The first-order valence-corrected chi connectivity index (χ1v) is 8.04. The van der Waals surface area contributed by atoms with Crippen LogP contribution in [0.1, 0.15) is 17.0 Å². The van der Waals surface area contributed by atoms with Crippen LogP contribution in [0.25, 0.3) is 0 Å². The summed E-state index contributed by atoms with van der Waals surface area (Å²) in [5.74, 6) is 0.566. The molecule has 0 spiro atoms. The Labute approximate surface area is 154 Å². The van der Waals surface area contributed by atoms with Gasteiger partial charge in [-0.15, -0.1) is 0 Å². The maximum Gasteiger partial charge on any atom is 0.332 e. The molecule has 27 heavy (non-hydrogen) atoms. The zero-order valence-electron chi connectivity index (χ0n) is 15.4. The molecule has 1 aliphatic rings. The van der Waals surface area contributed by atoms with E-state index in [0.29, 0.717) is 17.1 Å². The van der Waals surface area contributed by atoms with Crippen molar-refractivity contribution in [1.82, 2.24) is 9.13 Å². The Morgan fingerprint density at radius 2 is 1.81 bits per heavy atom. The van der Waals surface area contributed by atoms with E-state index in [2.05, 4.69) is 11.4 Å². The van der Waals surface area contributed by atoms with E-state index < -0.39 is 17.2 Å². The van der Waals surface area contributed by atoms with Crippen molar-refractivity contribution in [3.8, 4) is 17.6 Å². The smallest absolute Gasteiger partial charge is 0.332 e. The van der Waals surface area contributed by atoms with Crippen molar-refractivity contribution in [3.05, 3.63) is 61.6 Å². The number of benzene rings is 1. The fourth-order valence-electron chi connectivity index (χ4n) is 3.27. The third-order valence-electron chi connectivity index (χ3n) is 4.68. The molecule has 3 N–H and O–H groups in total. The molecule has 1 atom stereocenters. The van der Waals surface area contributed by atoms with Gasteiger partial charge in [-0.3, -0.25) is 13.9 Å². The third-order valence-corrected chi connectivity index (χ3v) is 4.68. The second kappa shape index (κ2) is 6.57. The van der Waals surface area contributed by atoms with Gasteiger partial charge in [-0.05, 0) is 17.7 Å². The summed E-state index contributed by atoms with van der Waals surface area (Å²) < 4.78 is 12.9. The van der Waals surface area contributed by atoms with Gasteiger partial charge in [0, 0.05) is 14.1 Å². The minimum atomic E-state index is -0.753. The monoisotopic (exact) mass is 369 g/mol. The number of ether oxygens (including phenoxy) is 2. The van der Waals surface area contributed by atoms with Gasteiger partial charge in [0.15, 0.2) is 11.5 Å². The average molecular weight is 369 g/mol. The summed E-state index contributed by atoms with van der Waals surface area (Å²) in [5.41, 5.74) is 6.10. The molecule has 0 unspecified atom stereocenters. The van der Waals surface area contributed by atoms with Crippen molar-refractivity contribution >= 4 is 5.82 Å². The standard InChI is InChI=1S/C18H19N5O4/c1-22-16-14(17(24)23(2)18(22)25)13(10(8-19)15(20)21-16)9-5-6-11(26-3)12(7-9)27-4/h5-7,13,21H,20H2,1-4H3/t13-/m0/s1. The number of hydrogen-bond acceptors (Lipinski definition) is 7. The highest BCUT2D eigenvalue weighted by Gasteiger charge is 2.34. The van der Waals surface area contributed by atoms with Crippen LogP contribution in [-0.2, 0) is 14.1 Å². The van der Waals surface area contributed by atoms with E-state index in [1.807, 2.05) is 0 Å². The first-order valence-electron chi connectivity index (χ1n) is 8.04. The van der Waals surface area contributed by atoms with Crippen LogP contribution in [0, 0.1) is 11.3 Å². The lowest BCUT2D eigenvalue weighted by Gasteiger charge is -2.28. The molecule has 0 saturated carbocycles. The lowest BCUT2D eigenvalue weighted by atomic mass is 9.83. The Bertz CT molecular complexity index is 1120. The van der Waals surface area contributed by atoms with Crippen LogP contribution in [0.15, 0.2) is 39.2 Å². The van der Waals surface area contributed by atoms with Gasteiger partial charge >= 0.3 is 5.69 Å². The predicted octanol–water partition coefficient (Wildman–Crippen LogP) is 0.352. The molecule has 0 bridgehead atoms. The number of hydrogen-bond donors (Lipinski definition) is 2. The Hall–Kier alpha value is -3.67. The second-order valence-electron chi connectivity index (χ2n) is 6.08. The average Bonchev–Trinajstić information content (AvgIpc) is 2.69. The summed E-state index contributed by atoms with van der Waals surface area (Å²) in [7, 11) is 5.94. The number of nitrogens with one attached hydrogen (secondary N) is 1. The van der Waals surface area contributed by atoms with Crippen molar-refractivity contribution < 1.29 is 9.47 Å².